The summed E-state index contributed by atoms with van der Waals surface area (Å²) in [5, 5.41) is 20.8. The van der Waals surface area contributed by atoms with E-state index in [1.807, 2.05) is 12.1 Å². The smallest absolute Gasteiger partial charge is 0.272 e. The third kappa shape index (κ3) is 4.35. The standard InChI is InChI=1S/C26H27N9OS/c36-26(31-18-5-7-27-28-13-18)22-10-14-1-2-15(11-21(14)32-22)24-33-20-6-8-37-23(20)25(34-24)30-17-3-4-19-16(9-17)12-29-35-19/h1-2,5-8,10-11,13,16-17,19,24,29,32-33,35H,3-4,9,12H2,(H,30,34)(H,27,31,36). The minimum atomic E-state index is -0.226. The van der Waals surface area contributed by atoms with Gasteiger partial charge in [-0.2, -0.15) is 10.2 Å². The van der Waals surface area contributed by atoms with Crippen LogP contribution in [-0.4, -0.2) is 45.6 Å². The van der Waals surface area contributed by atoms with Crippen LogP contribution in [0.3, 0.4) is 0 Å². The zero-order valence-corrected chi connectivity index (χ0v) is 20.8. The van der Waals surface area contributed by atoms with Gasteiger partial charge in [0.25, 0.3) is 5.91 Å². The number of hydrogen-bond donors (Lipinski definition) is 6. The van der Waals surface area contributed by atoms with Gasteiger partial charge in [-0.3, -0.25) is 15.6 Å². The predicted octanol–water partition coefficient (Wildman–Crippen LogP) is 3.38. The minimum absolute atomic E-state index is 0.219. The monoisotopic (exact) mass is 513 g/mol. The summed E-state index contributed by atoms with van der Waals surface area (Å²) >= 11 is 1.71. The number of aliphatic imine (C=N–C) groups is 1. The number of nitrogens with one attached hydrogen (secondary N) is 6. The Morgan fingerprint density at radius 2 is 2.08 bits per heavy atom. The van der Waals surface area contributed by atoms with Gasteiger partial charge in [0.2, 0.25) is 0 Å². The van der Waals surface area contributed by atoms with Crippen LogP contribution in [0.1, 0.15) is 46.4 Å². The van der Waals surface area contributed by atoms with Crippen molar-refractivity contribution in [2.24, 2.45) is 10.9 Å². The molecule has 1 saturated heterocycles. The van der Waals surface area contributed by atoms with Gasteiger partial charge in [-0.15, -0.1) is 11.3 Å². The van der Waals surface area contributed by atoms with Crippen molar-refractivity contribution in [2.45, 2.75) is 37.5 Å². The fourth-order valence-corrected chi connectivity index (χ4v) is 6.38. The molecule has 2 fully saturated rings. The van der Waals surface area contributed by atoms with E-state index in [4.69, 9.17) is 4.99 Å². The molecule has 5 heterocycles. The van der Waals surface area contributed by atoms with E-state index in [9.17, 15) is 4.79 Å². The van der Waals surface area contributed by atoms with Crippen molar-refractivity contribution in [1.29, 1.82) is 0 Å². The van der Waals surface area contributed by atoms with E-state index in [1.54, 1.807) is 23.6 Å². The topological polar surface area (TPSA) is 131 Å². The van der Waals surface area contributed by atoms with E-state index in [-0.39, 0.29) is 12.1 Å². The highest BCUT2D eigenvalue weighted by Crippen LogP contribution is 2.35. The normalized spacial score (nSPS) is 24.6. The lowest BCUT2D eigenvalue weighted by Crippen LogP contribution is -2.45. The first-order chi connectivity index (χ1) is 18.2. The Morgan fingerprint density at radius 1 is 1.11 bits per heavy atom. The second kappa shape index (κ2) is 9.25. The number of thiophene rings is 1. The number of aromatic nitrogens is 3. The first-order valence-electron chi connectivity index (χ1n) is 12.6. The lowest BCUT2D eigenvalue weighted by atomic mass is 9.83. The Bertz CT molecular complexity index is 1480. The molecular formula is C26H27N9OS. The molecule has 1 aliphatic carbocycles. The van der Waals surface area contributed by atoms with Crippen molar-refractivity contribution in [3.63, 3.8) is 0 Å². The maximum Gasteiger partial charge on any atom is 0.272 e. The van der Waals surface area contributed by atoms with Gasteiger partial charge in [0.15, 0.2) is 0 Å². The fourth-order valence-electron chi connectivity index (χ4n) is 5.56. The van der Waals surface area contributed by atoms with Crippen molar-refractivity contribution in [2.75, 3.05) is 17.2 Å². The third-order valence-corrected chi connectivity index (χ3v) is 8.38. The zero-order valence-electron chi connectivity index (χ0n) is 20.0. The first-order valence-corrected chi connectivity index (χ1v) is 13.5. The number of anilines is 2. The molecule has 0 spiro atoms. The number of amidine groups is 1. The largest absolute Gasteiger partial charge is 0.366 e. The lowest BCUT2D eigenvalue weighted by Gasteiger charge is -2.33. The number of benzene rings is 1. The number of carbonyl (C=O) groups excluding carboxylic acids is 1. The highest BCUT2D eigenvalue weighted by molar-refractivity contribution is 7.12. The summed E-state index contributed by atoms with van der Waals surface area (Å²) in [5.41, 5.74) is 10.8. The van der Waals surface area contributed by atoms with Crippen molar-refractivity contribution in [3.05, 3.63) is 70.3 Å². The maximum absolute atomic E-state index is 12.7. The van der Waals surface area contributed by atoms with E-state index in [2.05, 4.69) is 65.6 Å². The molecule has 1 saturated carbocycles. The molecule has 0 bridgehead atoms. The van der Waals surface area contributed by atoms with E-state index in [0.29, 0.717) is 29.4 Å². The van der Waals surface area contributed by atoms with Crippen LogP contribution in [0.15, 0.2) is 59.2 Å². The molecule has 4 atom stereocenters. The van der Waals surface area contributed by atoms with Gasteiger partial charge in [0, 0.05) is 29.5 Å². The summed E-state index contributed by atoms with van der Waals surface area (Å²) in [6, 6.07) is 12.8. The van der Waals surface area contributed by atoms with Crippen LogP contribution >= 0.6 is 11.3 Å². The van der Waals surface area contributed by atoms with Crippen LogP contribution in [0.2, 0.25) is 0 Å². The molecule has 0 radical (unpaired) electrons. The molecule has 37 heavy (non-hydrogen) atoms. The molecule has 4 aromatic rings. The number of aromatic amines is 1. The average molecular weight is 514 g/mol. The highest BCUT2D eigenvalue weighted by atomic mass is 32.1. The summed E-state index contributed by atoms with van der Waals surface area (Å²) < 4.78 is 0. The number of H-pyrrole nitrogens is 1. The Balaban J connectivity index is 1.13. The van der Waals surface area contributed by atoms with Crippen molar-refractivity contribution >= 4 is 45.4 Å². The Labute approximate surface area is 217 Å². The van der Waals surface area contributed by atoms with Gasteiger partial charge in [-0.25, -0.2) is 4.99 Å². The zero-order chi connectivity index (χ0) is 24.8. The molecule has 2 aliphatic heterocycles. The number of amides is 1. The lowest BCUT2D eigenvalue weighted by molar-refractivity contribution is 0.102. The van der Waals surface area contributed by atoms with Gasteiger partial charge >= 0.3 is 0 Å². The summed E-state index contributed by atoms with van der Waals surface area (Å²) in [7, 11) is 0. The minimum Gasteiger partial charge on any atom is -0.366 e. The number of hydrazine groups is 1. The maximum atomic E-state index is 12.7. The molecule has 188 valence electrons. The van der Waals surface area contributed by atoms with Crippen molar-refractivity contribution in [3.8, 4) is 0 Å². The van der Waals surface area contributed by atoms with E-state index in [0.717, 1.165) is 52.3 Å². The summed E-state index contributed by atoms with van der Waals surface area (Å²) in [4.78, 5) is 22.3. The summed E-state index contributed by atoms with van der Waals surface area (Å²) in [5.74, 6) is 1.40. The van der Waals surface area contributed by atoms with Crippen molar-refractivity contribution < 1.29 is 4.79 Å². The number of hydrogen-bond acceptors (Lipinski definition) is 9. The third-order valence-electron chi connectivity index (χ3n) is 7.45. The van der Waals surface area contributed by atoms with Crippen LogP contribution < -0.4 is 26.8 Å². The van der Waals surface area contributed by atoms with E-state index in [1.165, 1.54) is 12.6 Å². The van der Waals surface area contributed by atoms with Crippen LogP contribution in [0, 0.1) is 5.92 Å². The predicted molar refractivity (Wildman–Crippen MR) is 145 cm³/mol. The number of carbonyl (C=O) groups is 1. The second-order valence-corrected chi connectivity index (χ2v) is 10.8. The molecule has 10 nitrogen and oxygen atoms in total. The molecule has 1 amide bonds. The van der Waals surface area contributed by atoms with Gasteiger partial charge in [-0.05, 0) is 60.4 Å². The van der Waals surface area contributed by atoms with Crippen LogP contribution in [0.25, 0.3) is 10.9 Å². The van der Waals surface area contributed by atoms with Gasteiger partial charge < -0.3 is 20.9 Å². The van der Waals surface area contributed by atoms with E-state index < -0.39 is 0 Å². The van der Waals surface area contributed by atoms with Crippen LogP contribution in [0.4, 0.5) is 11.4 Å². The molecular weight excluding hydrogens is 486 g/mol. The molecule has 1 aromatic carbocycles. The average Bonchev–Trinajstić information content (AvgIpc) is 3.67. The molecule has 6 N–H and O–H groups in total. The molecule has 7 rings (SSSR count). The Hall–Kier alpha value is -3.80. The second-order valence-electron chi connectivity index (χ2n) is 9.85. The number of fused-ring (bicyclic) bond motifs is 3. The molecule has 3 aliphatic rings. The fraction of sp³-hybridized carbons (Fsp3) is 0.308. The molecule has 4 unspecified atom stereocenters. The van der Waals surface area contributed by atoms with Crippen LogP contribution in [0.5, 0.6) is 0 Å². The van der Waals surface area contributed by atoms with Gasteiger partial charge in [0.05, 0.1) is 28.6 Å². The Morgan fingerprint density at radius 3 is 3.00 bits per heavy atom. The summed E-state index contributed by atoms with van der Waals surface area (Å²) in [6.45, 7) is 1.03. The van der Waals surface area contributed by atoms with Gasteiger partial charge in [0.1, 0.15) is 17.7 Å². The quantitative estimate of drug-likeness (QED) is 0.247. The van der Waals surface area contributed by atoms with E-state index >= 15 is 0 Å². The van der Waals surface area contributed by atoms with Crippen molar-refractivity contribution in [1.82, 2.24) is 31.3 Å². The van der Waals surface area contributed by atoms with Gasteiger partial charge in [-0.1, -0.05) is 12.1 Å². The number of rotatable bonds is 4. The highest BCUT2D eigenvalue weighted by Gasteiger charge is 2.35. The number of nitrogens with zero attached hydrogens (tertiary/aromatic N) is 3. The molecule has 3 aromatic heterocycles. The first kappa shape index (κ1) is 22.4. The summed E-state index contributed by atoms with van der Waals surface area (Å²) in [6.07, 6.45) is 6.27. The van der Waals surface area contributed by atoms with Crippen LogP contribution in [-0.2, 0) is 0 Å². The Kier molecular flexibility index (Phi) is 5.60. The molecule has 11 heteroatoms. The SMILES string of the molecule is O=C(Nc1ccnnc1)c1cc2ccc(C3N=C(NC4CCC5NNCC5C4)c4sccc4N3)cc2[nH]1.